The highest BCUT2D eigenvalue weighted by atomic mass is 19.1. The second-order valence-electron chi connectivity index (χ2n) is 4.22. The van der Waals surface area contributed by atoms with Crippen LogP contribution in [-0.4, -0.2) is 6.61 Å². The van der Waals surface area contributed by atoms with Gasteiger partial charge in [-0.1, -0.05) is 48.5 Å². The molecule has 0 aromatic heterocycles. The van der Waals surface area contributed by atoms with Gasteiger partial charge in [-0.05, 0) is 6.07 Å². The van der Waals surface area contributed by atoms with Crippen molar-refractivity contribution in [3.8, 4) is 0 Å². The first-order chi connectivity index (χ1) is 8.84. The van der Waals surface area contributed by atoms with Gasteiger partial charge >= 0.3 is 0 Å². The molecule has 2 nitrogen and oxygen atoms in total. The fourth-order valence-corrected chi connectivity index (χ4v) is 2.09. The van der Waals surface area contributed by atoms with E-state index in [0.29, 0.717) is 12.2 Å². The molecule has 1 saturated heterocycles. The largest absolute Gasteiger partial charge is 0.345 e. The molecular weight excluding hydrogens is 231 g/mol. The highest BCUT2D eigenvalue weighted by Gasteiger charge is 2.29. The van der Waals surface area contributed by atoms with Gasteiger partial charge in [-0.25, -0.2) is 4.39 Å². The Bertz CT molecular complexity index is 527. The van der Waals surface area contributed by atoms with Gasteiger partial charge in [0.2, 0.25) is 0 Å². The summed E-state index contributed by atoms with van der Waals surface area (Å²) in [6.07, 6.45) is -0.743. The third-order valence-corrected chi connectivity index (χ3v) is 3.01. The van der Waals surface area contributed by atoms with Crippen LogP contribution in [0.2, 0.25) is 0 Å². The molecule has 0 N–H and O–H groups in total. The quantitative estimate of drug-likeness (QED) is 0.803. The average Bonchev–Trinajstić information content (AvgIpc) is 2.90. The van der Waals surface area contributed by atoms with Crippen LogP contribution in [0.5, 0.6) is 0 Å². The van der Waals surface area contributed by atoms with Crippen LogP contribution in [0.4, 0.5) is 4.39 Å². The zero-order chi connectivity index (χ0) is 12.4. The number of rotatable bonds is 2. The van der Waals surface area contributed by atoms with Gasteiger partial charge in [-0.2, -0.15) is 0 Å². The summed E-state index contributed by atoms with van der Waals surface area (Å²) in [5.74, 6) is -0.250. The monoisotopic (exact) mass is 244 g/mol. The maximum atomic E-state index is 13.6. The predicted molar refractivity (Wildman–Crippen MR) is 65.4 cm³/mol. The molecule has 0 bridgehead atoms. The van der Waals surface area contributed by atoms with Crippen LogP contribution in [0, 0.1) is 5.82 Å². The first-order valence-corrected chi connectivity index (χ1v) is 5.91. The van der Waals surface area contributed by atoms with Crippen LogP contribution in [0.25, 0.3) is 0 Å². The van der Waals surface area contributed by atoms with Gasteiger partial charge in [0.05, 0.1) is 6.61 Å². The number of hydrogen-bond acceptors (Lipinski definition) is 2. The third-order valence-electron chi connectivity index (χ3n) is 3.01. The summed E-state index contributed by atoms with van der Waals surface area (Å²) in [6, 6.07) is 16.3. The maximum Gasteiger partial charge on any atom is 0.184 e. The van der Waals surface area contributed by atoms with Crippen LogP contribution < -0.4 is 0 Å². The summed E-state index contributed by atoms with van der Waals surface area (Å²) in [7, 11) is 0. The Morgan fingerprint density at radius 1 is 0.944 bits per heavy atom. The maximum absolute atomic E-state index is 13.6. The first kappa shape index (κ1) is 11.4. The van der Waals surface area contributed by atoms with Gasteiger partial charge in [0.15, 0.2) is 6.29 Å². The predicted octanol–water partition coefficient (Wildman–Crippen LogP) is 3.61. The van der Waals surface area contributed by atoms with Crippen molar-refractivity contribution in [2.45, 2.75) is 12.4 Å². The Hall–Kier alpha value is -1.71. The molecule has 1 aliphatic heterocycles. The molecule has 1 heterocycles. The van der Waals surface area contributed by atoms with E-state index >= 15 is 0 Å². The normalized spacial score (nSPS) is 23.2. The van der Waals surface area contributed by atoms with Crippen molar-refractivity contribution < 1.29 is 13.9 Å². The second kappa shape index (κ2) is 4.88. The zero-order valence-corrected chi connectivity index (χ0v) is 9.75. The Morgan fingerprint density at radius 3 is 2.44 bits per heavy atom. The lowest BCUT2D eigenvalue weighted by Crippen LogP contribution is -2.03. The molecule has 0 amide bonds. The van der Waals surface area contributed by atoms with E-state index in [9.17, 15) is 4.39 Å². The van der Waals surface area contributed by atoms with E-state index in [-0.39, 0.29) is 11.9 Å². The smallest absolute Gasteiger partial charge is 0.184 e. The van der Waals surface area contributed by atoms with Crippen molar-refractivity contribution in [2.75, 3.05) is 6.61 Å². The SMILES string of the molecule is Fc1ccccc1C1COC(c2ccccc2)O1. The fourth-order valence-electron chi connectivity index (χ4n) is 2.09. The zero-order valence-electron chi connectivity index (χ0n) is 9.75. The highest BCUT2D eigenvalue weighted by Crippen LogP contribution is 2.35. The Balaban J connectivity index is 1.78. The summed E-state index contributed by atoms with van der Waals surface area (Å²) in [6.45, 7) is 0.375. The minimum Gasteiger partial charge on any atom is -0.345 e. The van der Waals surface area contributed by atoms with Gasteiger partial charge in [-0.3, -0.25) is 0 Å². The molecule has 2 atom stereocenters. The van der Waals surface area contributed by atoms with E-state index in [1.165, 1.54) is 6.07 Å². The summed E-state index contributed by atoms with van der Waals surface area (Å²) in [5.41, 5.74) is 1.51. The van der Waals surface area contributed by atoms with E-state index in [1.807, 2.05) is 30.3 Å². The molecule has 2 aromatic rings. The van der Waals surface area contributed by atoms with Crippen molar-refractivity contribution in [1.29, 1.82) is 0 Å². The van der Waals surface area contributed by atoms with Crippen molar-refractivity contribution in [3.63, 3.8) is 0 Å². The van der Waals surface area contributed by atoms with Gasteiger partial charge in [0, 0.05) is 11.1 Å². The van der Waals surface area contributed by atoms with Crippen LogP contribution >= 0.6 is 0 Å². The standard InChI is InChI=1S/C15H13FO2/c16-13-9-5-4-8-12(13)14-10-17-15(18-14)11-6-2-1-3-7-11/h1-9,14-15H,10H2. The van der Waals surface area contributed by atoms with E-state index in [0.717, 1.165) is 5.56 Å². The molecule has 0 radical (unpaired) electrons. The van der Waals surface area contributed by atoms with Crippen molar-refractivity contribution in [2.24, 2.45) is 0 Å². The Labute approximate surface area is 105 Å². The lowest BCUT2D eigenvalue weighted by molar-refractivity contribution is -0.0611. The Morgan fingerprint density at radius 2 is 1.67 bits per heavy atom. The third kappa shape index (κ3) is 2.15. The van der Waals surface area contributed by atoms with Crippen molar-refractivity contribution >= 4 is 0 Å². The van der Waals surface area contributed by atoms with E-state index in [4.69, 9.17) is 9.47 Å². The second-order valence-corrected chi connectivity index (χ2v) is 4.22. The average molecular weight is 244 g/mol. The minimum atomic E-state index is -0.407. The molecule has 3 rings (SSSR count). The molecule has 2 unspecified atom stereocenters. The molecule has 0 saturated carbocycles. The van der Waals surface area contributed by atoms with Gasteiger partial charge in [-0.15, -0.1) is 0 Å². The van der Waals surface area contributed by atoms with Gasteiger partial charge < -0.3 is 9.47 Å². The lowest BCUT2D eigenvalue weighted by Gasteiger charge is -2.12. The van der Waals surface area contributed by atoms with Gasteiger partial charge in [0.1, 0.15) is 11.9 Å². The molecule has 0 spiro atoms. The van der Waals surface area contributed by atoms with Crippen molar-refractivity contribution in [1.82, 2.24) is 0 Å². The molecule has 2 aromatic carbocycles. The Kier molecular flexibility index (Phi) is 3.09. The summed E-state index contributed by atoms with van der Waals surface area (Å²) in [5, 5.41) is 0. The van der Waals surface area contributed by atoms with Crippen LogP contribution in [-0.2, 0) is 9.47 Å². The molecule has 1 aliphatic rings. The molecule has 3 heteroatoms. The van der Waals surface area contributed by atoms with Crippen LogP contribution in [0.1, 0.15) is 23.5 Å². The van der Waals surface area contributed by atoms with Crippen molar-refractivity contribution in [3.05, 3.63) is 71.5 Å². The number of hydrogen-bond donors (Lipinski definition) is 0. The van der Waals surface area contributed by atoms with Crippen LogP contribution in [0.3, 0.4) is 0 Å². The first-order valence-electron chi connectivity index (χ1n) is 5.91. The molecule has 92 valence electrons. The van der Waals surface area contributed by atoms with Gasteiger partial charge in [0.25, 0.3) is 0 Å². The van der Waals surface area contributed by atoms with E-state index < -0.39 is 6.29 Å². The topological polar surface area (TPSA) is 18.5 Å². The van der Waals surface area contributed by atoms with E-state index in [2.05, 4.69) is 0 Å². The number of benzene rings is 2. The number of ether oxygens (including phenoxy) is 2. The molecule has 1 fully saturated rings. The summed E-state index contributed by atoms with van der Waals surface area (Å²) in [4.78, 5) is 0. The fraction of sp³-hybridized carbons (Fsp3) is 0.200. The molecule has 0 aliphatic carbocycles. The highest BCUT2D eigenvalue weighted by molar-refractivity contribution is 5.22. The minimum absolute atomic E-state index is 0.250. The summed E-state index contributed by atoms with van der Waals surface area (Å²) < 4.78 is 25.0. The lowest BCUT2D eigenvalue weighted by atomic mass is 10.1. The summed E-state index contributed by atoms with van der Waals surface area (Å²) >= 11 is 0. The van der Waals surface area contributed by atoms with E-state index in [1.54, 1.807) is 18.2 Å². The van der Waals surface area contributed by atoms with Crippen LogP contribution in [0.15, 0.2) is 54.6 Å². The number of halogens is 1. The molecular formula is C15H13FO2. The molecule has 18 heavy (non-hydrogen) atoms.